The summed E-state index contributed by atoms with van der Waals surface area (Å²) in [5.74, 6) is 2.13. The minimum Gasteiger partial charge on any atom is -0.376 e. The summed E-state index contributed by atoms with van der Waals surface area (Å²) in [5.41, 5.74) is 1.36. The fourth-order valence-electron chi connectivity index (χ4n) is 2.14. The average Bonchev–Trinajstić information content (AvgIpc) is 2.47. The van der Waals surface area contributed by atoms with Crippen LogP contribution in [0.15, 0.2) is 30.5 Å². The van der Waals surface area contributed by atoms with E-state index in [9.17, 15) is 10.1 Å². The highest BCUT2D eigenvalue weighted by molar-refractivity contribution is 7.99. The second kappa shape index (κ2) is 7.26. The van der Waals surface area contributed by atoms with Gasteiger partial charge in [-0.25, -0.2) is 4.98 Å². The molecule has 1 atom stereocenters. The van der Waals surface area contributed by atoms with Gasteiger partial charge in [-0.3, -0.25) is 10.1 Å². The number of nitrogens with zero attached hydrogens (tertiary/aromatic N) is 2. The number of rotatable bonds is 7. The minimum absolute atomic E-state index is 0.0312. The molecular formula is C15H19N3O2S. The number of hydrogen-bond acceptors (Lipinski definition) is 5. The molecule has 0 spiro atoms. The van der Waals surface area contributed by atoms with Crippen molar-refractivity contribution in [1.29, 1.82) is 0 Å². The van der Waals surface area contributed by atoms with Crippen molar-refractivity contribution in [2.45, 2.75) is 26.3 Å². The van der Waals surface area contributed by atoms with Crippen molar-refractivity contribution < 1.29 is 4.92 Å². The summed E-state index contributed by atoms with van der Waals surface area (Å²) in [6, 6.07) is 7.66. The van der Waals surface area contributed by atoms with Crippen molar-refractivity contribution in [2.24, 2.45) is 0 Å². The Labute approximate surface area is 128 Å². The summed E-state index contributed by atoms with van der Waals surface area (Å²) in [6.45, 7) is 4.18. The van der Waals surface area contributed by atoms with Crippen LogP contribution in [0.3, 0.4) is 0 Å². The average molecular weight is 305 g/mol. The lowest BCUT2D eigenvalue weighted by molar-refractivity contribution is -0.384. The van der Waals surface area contributed by atoms with Crippen molar-refractivity contribution in [3.63, 3.8) is 0 Å². The van der Waals surface area contributed by atoms with Gasteiger partial charge in [-0.1, -0.05) is 25.1 Å². The van der Waals surface area contributed by atoms with E-state index in [4.69, 9.17) is 0 Å². The lowest BCUT2D eigenvalue weighted by Gasteiger charge is -2.16. The molecule has 5 nitrogen and oxygen atoms in total. The van der Waals surface area contributed by atoms with E-state index in [2.05, 4.69) is 24.1 Å². The van der Waals surface area contributed by atoms with Gasteiger partial charge in [0.1, 0.15) is 11.9 Å². The van der Waals surface area contributed by atoms with Gasteiger partial charge >= 0.3 is 5.69 Å². The highest BCUT2D eigenvalue weighted by Crippen LogP contribution is 2.32. The molecule has 1 N–H and O–H groups in total. The van der Waals surface area contributed by atoms with E-state index in [0.29, 0.717) is 5.69 Å². The number of para-hydroxylation sites is 1. The Morgan fingerprint density at radius 2 is 2.19 bits per heavy atom. The Kier molecular flexibility index (Phi) is 5.38. The molecule has 1 aromatic carbocycles. The second-order valence-corrected chi connectivity index (χ2v) is 6.22. The van der Waals surface area contributed by atoms with E-state index in [0.717, 1.165) is 28.8 Å². The molecule has 0 saturated carbocycles. The normalized spacial score (nSPS) is 12.3. The molecule has 2 aromatic rings. The van der Waals surface area contributed by atoms with Crippen LogP contribution in [0.5, 0.6) is 0 Å². The molecule has 1 heterocycles. The van der Waals surface area contributed by atoms with Gasteiger partial charge in [0.05, 0.1) is 10.4 Å². The number of nitro groups is 1. The molecule has 0 saturated heterocycles. The molecule has 1 unspecified atom stereocenters. The number of pyridine rings is 1. The maximum atomic E-state index is 11.2. The van der Waals surface area contributed by atoms with Gasteiger partial charge in [0.15, 0.2) is 0 Å². The number of aromatic nitrogens is 1. The fourth-order valence-corrected chi connectivity index (χ4v) is 2.95. The van der Waals surface area contributed by atoms with Crippen molar-refractivity contribution in [1.82, 2.24) is 4.98 Å². The van der Waals surface area contributed by atoms with E-state index >= 15 is 0 Å². The zero-order valence-electron chi connectivity index (χ0n) is 12.2. The standard InChI is InChI=1S/C15H19N3O2S/c1-3-21-9-8-11(2)17-15-12-6-4-5-7-13(12)16-10-14(15)18(19)20/h4-7,10-11H,3,8-9H2,1-2H3,(H,16,17). The fraction of sp³-hybridized carbons (Fsp3) is 0.400. The lowest BCUT2D eigenvalue weighted by Crippen LogP contribution is -2.17. The van der Waals surface area contributed by atoms with Crippen LogP contribution >= 0.6 is 11.8 Å². The molecular weight excluding hydrogens is 286 g/mol. The van der Waals surface area contributed by atoms with E-state index < -0.39 is 0 Å². The van der Waals surface area contributed by atoms with Crippen LogP contribution in [0.2, 0.25) is 0 Å². The molecule has 21 heavy (non-hydrogen) atoms. The zero-order valence-corrected chi connectivity index (χ0v) is 13.0. The van der Waals surface area contributed by atoms with Gasteiger partial charge in [0, 0.05) is 11.4 Å². The molecule has 0 bridgehead atoms. The maximum Gasteiger partial charge on any atom is 0.311 e. The number of nitrogens with one attached hydrogen (secondary N) is 1. The number of fused-ring (bicyclic) bond motifs is 1. The monoisotopic (exact) mass is 305 g/mol. The molecule has 0 aliphatic heterocycles. The van der Waals surface area contributed by atoms with Crippen LogP contribution in [0, 0.1) is 10.1 Å². The van der Waals surface area contributed by atoms with Gasteiger partial charge in [0.25, 0.3) is 0 Å². The molecule has 0 aliphatic carbocycles. The number of benzene rings is 1. The summed E-state index contributed by atoms with van der Waals surface area (Å²) in [4.78, 5) is 15.0. The highest BCUT2D eigenvalue weighted by Gasteiger charge is 2.19. The van der Waals surface area contributed by atoms with E-state index in [1.165, 1.54) is 6.20 Å². The van der Waals surface area contributed by atoms with Crippen molar-refractivity contribution in [2.75, 3.05) is 16.8 Å². The summed E-state index contributed by atoms with van der Waals surface area (Å²) >= 11 is 1.87. The maximum absolute atomic E-state index is 11.2. The highest BCUT2D eigenvalue weighted by atomic mass is 32.2. The largest absolute Gasteiger partial charge is 0.376 e. The van der Waals surface area contributed by atoms with Crippen LogP contribution in [-0.4, -0.2) is 27.5 Å². The molecule has 0 aliphatic rings. The smallest absolute Gasteiger partial charge is 0.311 e. The topological polar surface area (TPSA) is 68.1 Å². The predicted octanol–water partition coefficient (Wildman–Crippen LogP) is 4.09. The first-order chi connectivity index (χ1) is 10.1. The second-order valence-electron chi connectivity index (χ2n) is 4.82. The SMILES string of the molecule is CCSCCC(C)Nc1c([N+](=O)[O-])cnc2ccccc12. The first-order valence-electron chi connectivity index (χ1n) is 7.00. The molecule has 0 amide bonds. The predicted molar refractivity (Wildman–Crippen MR) is 89.1 cm³/mol. The minimum atomic E-state index is -0.380. The Bertz CT molecular complexity index is 633. The van der Waals surface area contributed by atoms with Gasteiger partial charge in [0.2, 0.25) is 0 Å². The molecule has 112 valence electrons. The van der Waals surface area contributed by atoms with E-state index in [1.54, 1.807) is 0 Å². The van der Waals surface area contributed by atoms with Crippen molar-refractivity contribution in [3.8, 4) is 0 Å². The third-order valence-corrected chi connectivity index (χ3v) is 4.17. The summed E-state index contributed by atoms with van der Waals surface area (Å²) in [7, 11) is 0. The Balaban J connectivity index is 2.31. The summed E-state index contributed by atoms with van der Waals surface area (Å²) in [5, 5.41) is 15.3. The third kappa shape index (κ3) is 3.85. The first kappa shape index (κ1) is 15.6. The van der Waals surface area contributed by atoms with Crippen LogP contribution in [0.4, 0.5) is 11.4 Å². The quantitative estimate of drug-likeness (QED) is 0.474. The molecule has 1 aromatic heterocycles. The van der Waals surface area contributed by atoms with Crippen molar-refractivity contribution in [3.05, 3.63) is 40.6 Å². The zero-order chi connectivity index (χ0) is 15.2. The Morgan fingerprint density at radius 1 is 1.43 bits per heavy atom. The van der Waals surface area contributed by atoms with E-state index in [-0.39, 0.29) is 16.7 Å². The van der Waals surface area contributed by atoms with Crippen LogP contribution in [0.25, 0.3) is 10.9 Å². The summed E-state index contributed by atoms with van der Waals surface area (Å²) < 4.78 is 0. The number of hydrogen-bond donors (Lipinski definition) is 1. The van der Waals surface area contributed by atoms with Crippen LogP contribution in [0.1, 0.15) is 20.3 Å². The number of anilines is 1. The van der Waals surface area contributed by atoms with Gasteiger partial charge in [-0.05, 0) is 30.9 Å². The van der Waals surface area contributed by atoms with Gasteiger partial charge in [-0.15, -0.1) is 0 Å². The van der Waals surface area contributed by atoms with Gasteiger partial charge < -0.3 is 5.32 Å². The lowest BCUT2D eigenvalue weighted by atomic mass is 10.1. The Hall–Kier alpha value is -1.82. The number of thioether (sulfide) groups is 1. The molecule has 2 rings (SSSR count). The molecule has 0 radical (unpaired) electrons. The summed E-state index contributed by atoms with van der Waals surface area (Å²) in [6.07, 6.45) is 2.30. The Morgan fingerprint density at radius 3 is 2.90 bits per heavy atom. The molecule has 6 heteroatoms. The van der Waals surface area contributed by atoms with Crippen LogP contribution < -0.4 is 5.32 Å². The third-order valence-electron chi connectivity index (χ3n) is 3.24. The van der Waals surface area contributed by atoms with E-state index in [1.807, 2.05) is 36.0 Å². The van der Waals surface area contributed by atoms with Crippen molar-refractivity contribution >= 4 is 34.0 Å². The first-order valence-corrected chi connectivity index (χ1v) is 8.15. The van der Waals surface area contributed by atoms with Crippen LogP contribution in [-0.2, 0) is 0 Å². The van der Waals surface area contributed by atoms with Gasteiger partial charge in [-0.2, -0.15) is 11.8 Å². The molecule has 0 fully saturated rings.